The van der Waals surface area contributed by atoms with Crippen molar-refractivity contribution in [2.24, 2.45) is 0 Å². The number of alkyl halides is 3. The monoisotopic (exact) mass is 537 g/mol. The molecule has 1 atom stereocenters. The third-order valence-corrected chi connectivity index (χ3v) is 7.68. The first-order chi connectivity index (χ1) is 17.5. The van der Waals surface area contributed by atoms with Crippen LogP contribution in [0.15, 0.2) is 77.7 Å². The van der Waals surface area contributed by atoms with E-state index in [1.807, 2.05) is 30.1 Å². The molecular formula is C26H27F4N3O3S. The van der Waals surface area contributed by atoms with Crippen molar-refractivity contribution in [1.29, 1.82) is 0 Å². The van der Waals surface area contributed by atoms with Crippen LogP contribution in [0.3, 0.4) is 0 Å². The Balaban J connectivity index is 1.52. The molecule has 3 aromatic carbocycles. The van der Waals surface area contributed by atoms with Crippen LogP contribution < -0.4 is 9.46 Å². The Kier molecular flexibility index (Phi) is 8.17. The molecule has 6 nitrogen and oxygen atoms in total. The van der Waals surface area contributed by atoms with Gasteiger partial charge in [0, 0.05) is 38.3 Å². The van der Waals surface area contributed by atoms with Crippen molar-refractivity contribution < 1.29 is 30.7 Å². The molecule has 3 aromatic rings. The zero-order chi connectivity index (χ0) is 26.6. The van der Waals surface area contributed by atoms with Crippen molar-refractivity contribution in [2.75, 3.05) is 39.8 Å². The molecule has 37 heavy (non-hydrogen) atoms. The number of nitrogens with one attached hydrogen (secondary N) is 1. The molecule has 11 heteroatoms. The summed E-state index contributed by atoms with van der Waals surface area (Å²) in [5.41, 5.74) is -1.09. The number of likely N-dealkylation sites (N-methyl/N-ethyl adjacent to an activating group) is 1. The van der Waals surface area contributed by atoms with E-state index in [1.165, 1.54) is 24.3 Å². The summed E-state index contributed by atoms with van der Waals surface area (Å²) in [4.78, 5) is 3.93. The molecule has 1 saturated heterocycles. The zero-order valence-corrected chi connectivity index (χ0v) is 20.9. The first-order valence-corrected chi connectivity index (χ1v) is 13.1. The van der Waals surface area contributed by atoms with Gasteiger partial charge in [0.15, 0.2) is 0 Å². The Hall–Kier alpha value is -2.99. The van der Waals surface area contributed by atoms with Crippen LogP contribution in [0.4, 0.5) is 17.6 Å². The van der Waals surface area contributed by atoms with Crippen molar-refractivity contribution in [2.45, 2.75) is 17.1 Å². The molecule has 1 fully saturated rings. The predicted molar refractivity (Wildman–Crippen MR) is 131 cm³/mol. The van der Waals surface area contributed by atoms with Gasteiger partial charge in [-0.3, -0.25) is 4.90 Å². The number of hydrogen-bond acceptors (Lipinski definition) is 5. The first kappa shape index (κ1) is 27.1. The van der Waals surface area contributed by atoms with E-state index in [-0.39, 0.29) is 17.0 Å². The second kappa shape index (κ2) is 11.2. The summed E-state index contributed by atoms with van der Waals surface area (Å²) in [7, 11) is -2.06. The van der Waals surface area contributed by atoms with Gasteiger partial charge in [-0.1, -0.05) is 24.3 Å². The molecule has 1 heterocycles. The highest BCUT2D eigenvalue weighted by molar-refractivity contribution is 7.89. The lowest BCUT2D eigenvalue weighted by Gasteiger charge is -2.38. The fourth-order valence-electron chi connectivity index (χ4n) is 4.13. The van der Waals surface area contributed by atoms with E-state index in [1.54, 1.807) is 12.1 Å². The molecule has 0 saturated carbocycles. The summed E-state index contributed by atoms with van der Waals surface area (Å²) >= 11 is 0. The molecule has 1 unspecified atom stereocenters. The number of halogens is 4. The van der Waals surface area contributed by atoms with E-state index in [4.69, 9.17) is 4.74 Å². The van der Waals surface area contributed by atoms with Gasteiger partial charge >= 0.3 is 6.18 Å². The van der Waals surface area contributed by atoms with E-state index >= 15 is 0 Å². The molecule has 0 spiro atoms. The van der Waals surface area contributed by atoms with Gasteiger partial charge in [-0.05, 0) is 55.6 Å². The predicted octanol–water partition coefficient (Wildman–Crippen LogP) is 4.90. The third-order valence-electron chi connectivity index (χ3n) is 6.25. The van der Waals surface area contributed by atoms with E-state index in [0.717, 1.165) is 12.1 Å². The van der Waals surface area contributed by atoms with Crippen LogP contribution in [-0.2, 0) is 16.2 Å². The highest BCUT2D eigenvalue weighted by atomic mass is 32.2. The van der Waals surface area contributed by atoms with Gasteiger partial charge in [-0.15, -0.1) is 0 Å². The minimum absolute atomic E-state index is 0.00635. The number of nitrogens with zero attached hydrogens (tertiary/aromatic N) is 2. The molecule has 0 amide bonds. The number of para-hydroxylation sites is 1. The second-order valence-corrected chi connectivity index (χ2v) is 10.6. The summed E-state index contributed by atoms with van der Waals surface area (Å²) in [6, 6.07) is 16.4. The number of sulfonamides is 1. The molecular weight excluding hydrogens is 510 g/mol. The second-order valence-electron chi connectivity index (χ2n) is 8.83. The van der Waals surface area contributed by atoms with Crippen molar-refractivity contribution in [1.82, 2.24) is 14.5 Å². The zero-order valence-electron chi connectivity index (χ0n) is 20.1. The molecule has 1 aliphatic rings. The van der Waals surface area contributed by atoms with Crippen molar-refractivity contribution in [3.05, 3.63) is 89.7 Å². The third kappa shape index (κ3) is 6.86. The van der Waals surface area contributed by atoms with Gasteiger partial charge in [-0.25, -0.2) is 17.5 Å². The van der Waals surface area contributed by atoms with Crippen LogP contribution in [0.5, 0.6) is 11.5 Å². The van der Waals surface area contributed by atoms with Crippen molar-refractivity contribution in [3.63, 3.8) is 0 Å². The Labute approximate surface area is 213 Å². The smallest absolute Gasteiger partial charge is 0.416 e. The van der Waals surface area contributed by atoms with E-state index in [2.05, 4.69) is 9.62 Å². The lowest BCUT2D eigenvalue weighted by Crippen LogP contribution is -2.48. The van der Waals surface area contributed by atoms with Crippen LogP contribution in [-0.4, -0.2) is 58.0 Å². The lowest BCUT2D eigenvalue weighted by molar-refractivity contribution is -0.137. The number of rotatable bonds is 8. The SMILES string of the molecule is CN1CCN(C(CNS(=O)(=O)c2ccc(Oc3ccccc3)cc2)c2ccc(C(F)(F)F)cc2F)CC1. The van der Waals surface area contributed by atoms with E-state index < -0.39 is 33.6 Å². The average Bonchev–Trinajstić information content (AvgIpc) is 2.86. The highest BCUT2D eigenvalue weighted by Gasteiger charge is 2.33. The van der Waals surface area contributed by atoms with Gasteiger partial charge in [0.1, 0.15) is 17.3 Å². The van der Waals surface area contributed by atoms with Crippen molar-refractivity contribution >= 4 is 10.0 Å². The number of piperazine rings is 1. The fourth-order valence-corrected chi connectivity index (χ4v) is 5.16. The largest absolute Gasteiger partial charge is 0.457 e. The maximum absolute atomic E-state index is 14.9. The van der Waals surface area contributed by atoms with Crippen LogP contribution >= 0.6 is 0 Å². The standard InChI is InChI=1S/C26H27F4N3O3S/c1-32-13-15-33(16-14-32)25(23-12-7-19(17-24(23)27)26(28,29)30)18-31-37(34,35)22-10-8-21(9-11-22)36-20-5-3-2-4-6-20/h2-12,17,25,31H,13-16,18H2,1H3. The topological polar surface area (TPSA) is 61.9 Å². The van der Waals surface area contributed by atoms with Gasteiger partial charge in [0.2, 0.25) is 10.0 Å². The van der Waals surface area contributed by atoms with E-state index in [9.17, 15) is 26.0 Å². The molecule has 0 bridgehead atoms. The normalized spacial score (nSPS) is 16.5. The van der Waals surface area contributed by atoms with Crippen LogP contribution in [0, 0.1) is 5.82 Å². The quantitative estimate of drug-likeness (QED) is 0.414. The van der Waals surface area contributed by atoms with E-state index in [0.29, 0.717) is 43.7 Å². The number of hydrogen-bond donors (Lipinski definition) is 1. The van der Waals surface area contributed by atoms with Crippen LogP contribution in [0.1, 0.15) is 17.2 Å². The summed E-state index contributed by atoms with van der Waals surface area (Å²) in [6.07, 6.45) is -4.68. The summed E-state index contributed by atoms with van der Waals surface area (Å²) in [6.45, 7) is 2.13. The molecule has 4 rings (SSSR count). The molecule has 0 radical (unpaired) electrons. The molecule has 198 valence electrons. The molecule has 0 aromatic heterocycles. The van der Waals surface area contributed by atoms with Gasteiger partial charge < -0.3 is 9.64 Å². The Morgan fingerprint density at radius 3 is 2.14 bits per heavy atom. The van der Waals surface area contributed by atoms with Crippen LogP contribution in [0.25, 0.3) is 0 Å². The maximum atomic E-state index is 14.9. The summed E-state index contributed by atoms with van der Waals surface area (Å²) in [5, 5.41) is 0. The molecule has 1 N–H and O–H groups in total. The lowest BCUT2D eigenvalue weighted by atomic mass is 10.0. The van der Waals surface area contributed by atoms with Crippen LogP contribution in [0.2, 0.25) is 0 Å². The maximum Gasteiger partial charge on any atom is 0.416 e. The minimum Gasteiger partial charge on any atom is -0.457 e. The Morgan fingerprint density at radius 2 is 1.54 bits per heavy atom. The van der Waals surface area contributed by atoms with Gasteiger partial charge in [0.25, 0.3) is 0 Å². The first-order valence-electron chi connectivity index (χ1n) is 11.6. The van der Waals surface area contributed by atoms with Gasteiger partial charge in [-0.2, -0.15) is 13.2 Å². The Bertz CT molecular complexity index is 1290. The molecule has 0 aliphatic carbocycles. The minimum atomic E-state index is -4.68. The Morgan fingerprint density at radius 1 is 0.919 bits per heavy atom. The number of benzene rings is 3. The molecule has 1 aliphatic heterocycles. The average molecular weight is 538 g/mol. The summed E-state index contributed by atoms with van der Waals surface area (Å²) in [5.74, 6) is 0.0254. The summed E-state index contributed by atoms with van der Waals surface area (Å²) < 4.78 is 88.3. The van der Waals surface area contributed by atoms with Gasteiger partial charge in [0.05, 0.1) is 16.5 Å². The highest BCUT2D eigenvalue weighted by Crippen LogP contribution is 2.33. The fraction of sp³-hybridized carbons (Fsp3) is 0.308. The van der Waals surface area contributed by atoms with Crippen molar-refractivity contribution in [3.8, 4) is 11.5 Å². The number of ether oxygens (including phenoxy) is 1.